The Morgan fingerprint density at radius 1 is 1.56 bits per heavy atom. The lowest BCUT2D eigenvalue weighted by molar-refractivity contribution is -0.122. The zero-order chi connectivity index (χ0) is 12.5. The van der Waals surface area contributed by atoms with E-state index >= 15 is 0 Å². The summed E-state index contributed by atoms with van der Waals surface area (Å²) in [5.74, 6) is 1.26. The van der Waals surface area contributed by atoms with Crippen LogP contribution in [0.25, 0.3) is 0 Å². The lowest BCUT2D eigenvalue weighted by Gasteiger charge is -2.37. The van der Waals surface area contributed by atoms with Crippen LogP contribution in [-0.2, 0) is 11.3 Å². The van der Waals surface area contributed by atoms with Gasteiger partial charge in [0.1, 0.15) is 5.82 Å². The van der Waals surface area contributed by atoms with E-state index in [-0.39, 0.29) is 17.9 Å². The molecule has 18 heavy (non-hydrogen) atoms. The quantitative estimate of drug-likeness (QED) is 0.785. The molecule has 1 aromatic rings. The number of anilines is 1. The summed E-state index contributed by atoms with van der Waals surface area (Å²) in [5, 5.41) is 2.96. The van der Waals surface area contributed by atoms with Gasteiger partial charge in [-0.15, -0.1) is 0 Å². The van der Waals surface area contributed by atoms with Gasteiger partial charge in [0.2, 0.25) is 5.91 Å². The molecule has 5 nitrogen and oxygen atoms in total. The van der Waals surface area contributed by atoms with Crippen molar-refractivity contribution < 1.29 is 4.79 Å². The fourth-order valence-corrected chi connectivity index (χ4v) is 3.06. The van der Waals surface area contributed by atoms with Crippen molar-refractivity contribution in [2.24, 2.45) is 11.7 Å². The van der Waals surface area contributed by atoms with Crippen LogP contribution in [0.5, 0.6) is 0 Å². The molecular weight excluding hydrogens is 228 g/mol. The van der Waals surface area contributed by atoms with E-state index in [1.165, 1.54) is 0 Å². The van der Waals surface area contributed by atoms with Crippen molar-refractivity contribution >= 4 is 11.7 Å². The zero-order valence-corrected chi connectivity index (χ0v) is 10.3. The Hall–Kier alpha value is -1.62. The molecule has 3 heterocycles. The maximum absolute atomic E-state index is 11.8. The van der Waals surface area contributed by atoms with Gasteiger partial charge in [-0.2, -0.15) is 0 Å². The number of nitrogens with one attached hydrogen (secondary N) is 1. The van der Waals surface area contributed by atoms with Crippen molar-refractivity contribution in [1.82, 2.24) is 10.3 Å². The van der Waals surface area contributed by atoms with E-state index in [9.17, 15) is 4.79 Å². The smallest absolute Gasteiger partial charge is 0.225 e. The van der Waals surface area contributed by atoms with E-state index in [1.807, 2.05) is 12.1 Å². The molecule has 1 amide bonds. The number of nitrogens with zero attached hydrogens (tertiary/aromatic N) is 2. The first-order chi connectivity index (χ1) is 8.81. The van der Waals surface area contributed by atoms with E-state index < -0.39 is 0 Å². The Morgan fingerprint density at radius 2 is 2.44 bits per heavy atom. The summed E-state index contributed by atoms with van der Waals surface area (Å²) in [6, 6.07) is 4.16. The third-order valence-corrected chi connectivity index (χ3v) is 3.96. The molecule has 2 atom stereocenters. The van der Waals surface area contributed by atoms with Gasteiger partial charge in [0.25, 0.3) is 0 Å². The van der Waals surface area contributed by atoms with Gasteiger partial charge >= 0.3 is 0 Å². The molecule has 0 bridgehead atoms. The van der Waals surface area contributed by atoms with Crippen molar-refractivity contribution in [3.63, 3.8) is 0 Å². The third kappa shape index (κ3) is 1.75. The van der Waals surface area contributed by atoms with Crippen LogP contribution in [0.3, 0.4) is 0 Å². The molecular formula is C13H18N4O. The number of carbonyl (C=O) groups is 1. The van der Waals surface area contributed by atoms with Crippen molar-refractivity contribution in [2.45, 2.75) is 25.4 Å². The first kappa shape index (κ1) is 11.5. The van der Waals surface area contributed by atoms with Crippen LogP contribution in [0, 0.1) is 5.92 Å². The van der Waals surface area contributed by atoms with Gasteiger partial charge in [0.05, 0.1) is 12.0 Å². The fraction of sp³-hybridized carbons (Fsp3) is 0.538. The molecule has 2 aliphatic heterocycles. The second-order valence-electron chi connectivity index (χ2n) is 4.94. The Labute approximate surface area is 106 Å². The monoisotopic (exact) mass is 246 g/mol. The number of piperidine rings is 1. The number of nitrogens with two attached hydrogens (primary N) is 1. The molecule has 2 fully saturated rings. The molecule has 3 N–H and O–H groups in total. The molecule has 0 saturated carbocycles. The number of hydrogen-bond acceptors (Lipinski definition) is 4. The van der Waals surface area contributed by atoms with Crippen LogP contribution < -0.4 is 16.0 Å². The Balaban J connectivity index is 1.93. The molecule has 1 aromatic heterocycles. The number of fused-ring (bicyclic) bond motifs is 1. The van der Waals surface area contributed by atoms with Gasteiger partial charge in [-0.1, -0.05) is 6.07 Å². The summed E-state index contributed by atoms with van der Waals surface area (Å²) in [6.45, 7) is 2.17. The van der Waals surface area contributed by atoms with Crippen LogP contribution in [0.15, 0.2) is 18.3 Å². The number of aromatic nitrogens is 1. The fourth-order valence-electron chi connectivity index (χ4n) is 3.06. The van der Waals surface area contributed by atoms with Crippen molar-refractivity contribution in [1.29, 1.82) is 0 Å². The number of carbonyl (C=O) groups excluding carboxylic acids is 1. The van der Waals surface area contributed by atoms with E-state index in [1.54, 1.807) is 6.20 Å². The Morgan fingerprint density at radius 3 is 3.28 bits per heavy atom. The Kier molecular flexibility index (Phi) is 2.91. The number of amides is 1. The average molecular weight is 246 g/mol. The standard InChI is InChI=1S/C13H18N4O/c14-7-9-3-1-5-15-12(9)17-6-2-4-10-11(17)8-16-13(10)18/h1,3,5,10-11H,2,4,6-8,14H2,(H,16,18). The molecule has 2 saturated heterocycles. The lowest BCUT2D eigenvalue weighted by atomic mass is 9.91. The molecule has 0 aromatic carbocycles. The number of pyridine rings is 1. The van der Waals surface area contributed by atoms with Crippen molar-refractivity contribution in [3.05, 3.63) is 23.9 Å². The number of rotatable bonds is 2. The molecule has 0 radical (unpaired) electrons. The van der Waals surface area contributed by atoms with Crippen LogP contribution in [0.4, 0.5) is 5.82 Å². The minimum atomic E-state index is 0.117. The maximum Gasteiger partial charge on any atom is 0.225 e. The SMILES string of the molecule is NCc1cccnc1N1CCCC2C(=O)NCC21. The summed E-state index contributed by atoms with van der Waals surface area (Å²) >= 11 is 0. The van der Waals surface area contributed by atoms with E-state index in [4.69, 9.17) is 5.73 Å². The normalized spacial score (nSPS) is 26.9. The van der Waals surface area contributed by atoms with Crippen LogP contribution in [0.1, 0.15) is 18.4 Å². The summed E-state index contributed by atoms with van der Waals surface area (Å²) in [5.41, 5.74) is 6.83. The van der Waals surface area contributed by atoms with Crippen LogP contribution in [0.2, 0.25) is 0 Å². The van der Waals surface area contributed by atoms with Crippen LogP contribution in [-0.4, -0.2) is 30.0 Å². The summed E-state index contributed by atoms with van der Waals surface area (Å²) in [4.78, 5) is 18.5. The number of hydrogen-bond donors (Lipinski definition) is 2. The van der Waals surface area contributed by atoms with Gasteiger partial charge in [0, 0.05) is 31.4 Å². The highest BCUT2D eigenvalue weighted by Crippen LogP contribution is 2.31. The van der Waals surface area contributed by atoms with E-state index in [2.05, 4.69) is 15.2 Å². The van der Waals surface area contributed by atoms with E-state index in [0.717, 1.165) is 37.3 Å². The van der Waals surface area contributed by atoms with Gasteiger partial charge in [-0.3, -0.25) is 4.79 Å². The van der Waals surface area contributed by atoms with Gasteiger partial charge in [0.15, 0.2) is 0 Å². The predicted octanol–water partition coefficient (Wildman–Crippen LogP) is 0.255. The molecule has 0 aliphatic carbocycles. The van der Waals surface area contributed by atoms with Gasteiger partial charge < -0.3 is 16.0 Å². The second kappa shape index (κ2) is 4.57. The molecule has 2 unspecified atom stereocenters. The minimum Gasteiger partial charge on any atom is -0.354 e. The Bertz CT molecular complexity index is 462. The topological polar surface area (TPSA) is 71.2 Å². The first-order valence-corrected chi connectivity index (χ1v) is 6.49. The first-order valence-electron chi connectivity index (χ1n) is 6.49. The lowest BCUT2D eigenvalue weighted by Crippen LogP contribution is -2.46. The highest BCUT2D eigenvalue weighted by atomic mass is 16.2. The molecule has 96 valence electrons. The summed E-state index contributed by atoms with van der Waals surface area (Å²) in [7, 11) is 0. The largest absolute Gasteiger partial charge is 0.354 e. The zero-order valence-electron chi connectivity index (χ0n) is 10.3. The highest BCUT2D eigenvalue weighted by molar-refractivity contribution is 5.83. The molecule has 2 aliphatic rings. The molecule has 5 heteroatoms. The van der Waals surface area contributed by atoms with E-state index in [0.29, 0.717) is 6.54 Å². The molecule has 0 spiro atoms. The average Bonchev–Trinajstić information content (AvgIpc) is 2.81. The highest BCUT2D eigenvalue weighted by Gasteiger charge is 2.41. The summed E-state index contributed by atoms with van der Waals surface area (Å²) < 4.78 is 0. The van der Waals surface area contributed by atoms with Crippen molar-refractivity contribution in [3.8, 4) is 0 Å². The second-order valence-corrected chi connectivity index (χ2v) is 4.94. The molecule has 3 rings (SSSR count). The maximum atomic E-state index is 11.8. The predicted molar refractivity (Wildman–Crippen MR) is 69.0 cm³/mol. The van der Waals surface area contributed by atoms with Crippen LogP contribution >= 0.6 is 0 Å². The van der Waals surface area contributed by atoms with Gasteiger partial charge in [-0.05, 0) is 18.9 Å². The minimum absolute atomic E-state index is 0.117. The summed E-state index contributed by atoms with van der Waals surface area (Å²) in [6.07, 6.45) is 3.81. The third-order valence-electron chi connectivity index (χ3n) is 3.96. The van der Waals surface area contributed by atoms with Crippen molar-refractivity contribution in [2.75, 3.05) is 18.0 Å². The van der Waals surface area contributed by atoms with Gasteiger partial charge in [-0.25, -0.2) is 4.98 Å².